The van der Waals surface area contributed by atoms with Crippen LogP contribution in [0.15, 0.2) is 46.1 Å². The molecule has 9 nitrogen and oxygen atoms in total. The molecule has 4 rings (SSSR count). The molecule has 0 unspecified atom stereocenters. The number of sulfone groups is 1. The van der Waals surface area contributed by atoms with Crippen LogP contribution in [0.1, 0.15) is 45.4 Å². The maximum absolute atomic E-state index is 11.6. The molecule has 10 heteroatoms. The number of hydrogen-bond acceptors (Lipinski definition) is 9. The summed E-state index contributed by atoms with van der Waals surface area (Å²) in [6.07, 6.45) is 6.35. The Morgan fingerprint density at radius 1 is 1.06 bits per heavy atom. The number of hydrogen-bond donors (Lipinski definition) is 0. The molecule has 0 spiro atoms. The van der Waals surface area contributed by atoms with Crippen molar-refractivity contribution in [1.29, 1.82) is 0 Å². The van der Waals surface area contributed by atoms with Gasteiger partial charge in [-0.25, -0.2) is 18.4 Å². The van der Waals surface area contributed by atoms with Crippen LogP contribution in [0.25, 0.3) is 11.3 Å². The van der Waals surface area contributed by atoms with Crippen LogP contribution in [0.2, 0.25) is 0 Å². The monoisotopic (exact) mass is 471 g/mol. The quantitative estimate of drug-likeness (QED) is 0.509. The number of anilines is 1. The summed E-state index contributed by atoms with van der Waals surface area (Å²) >= 11 is 0. The summed E-state index contributed by atoms with van der Waals surface area (Å²) in [6.45, 7) is 7.83. The van der Waals surface area contributed by atoms with E-state index in [9.17, 15) is 8.42 Å². The van der Waals surface area contributed by atoms with Crippen molar-refractivity contribution in [3.05, 3.63) is 42.5 Å². The molecule has 0 aliphatic carbocycles. The summed E-state index contributed by atoms with van der Waals surface area (Å²) in [7, 11) is -3.23. The standard InChI is InChI=1S/C23H29N5O4S/c1-15(2)22-26-23(32-27-22)28-11-9-17(10-12-28)16(3)31-21-14-24-20(13-25-21)18-5-7-19(8-6-18)33(4,29)30/h5-8,13-17H,9-12H2,1-4H3/t16-/m0/s1. The maximum Gasteiger partial charge on any atom is 0.324 e. The lowest BCUT2D eigenvalue weighted by molar-refractivity contribution is 0.126. The minimum Gasteiger partial charge on any atom is -0.473 e. The molecule has 1 aliphatic heterocycles. The number of ether oxygens (including phenoxy) is 1. The Labute approximate surface area is 194 Å². The Morgan fingerprint density at radius 2 is 1.76 bits per heavy atom. The second kappa shape index (κ2) is 9.46. The topological polar surface area (TPSA) is 111 Å². The van der Waals surface area contributed by atoms with E-state index in [0.717, 1.165) is 37.3 Å². The molecule has 176 valence electrons. The molecule has 0 saturated carbocycles. The summed E-state index contributed by atoms with van der Waals surface area (Å²) in [5.41, 5.74) is 1.45. The van der Waals surface area contributed by atoms with Gasteiger partial charge in [0.05, 0.1) is 23.0 Å². The van der Waals surface area contributed by atoms with Crippen molar-refractivity contribution in [2.45, 2.75) is 50.5 Å². The number of aromatic nitrogens is 4. The van der Waals surface area contributed by atoms with Gasteiger partial charge in [-0.1, -0.05) is 31.1 Å². The number of piperidine rings is 1. The fourth-order valence-corrected chi connectivity index (χ4v) is 4.47. The van der Waals surface area contributed by atoms with Crippen LogP contribution in [0, 0.1) is 5.92 Å². The number of benzene rings is 1. The molecule has 1 saturated heterocycles. The Balaban J connectivity index is 1.32. The third-order valence-electron chi connectivity index (χ3n) is 5.93. The average molecular weight is 472 g/mol. The van der Waals surface area contributed by atoms with Crippen molar-refractivity contribution in [3.8, 4) is 17.1 Å². The first kappa shape index (κ1) is 23.2. The van der Waals surface area contributed by atoms with E-state index in [0.29, 0.717) is 23.5 Å². The first-order chi connectivity index (χ1) is 15.7. The second-order valence-electron chi connectivity index (χ2n) is 8.77. The highest BCUT2D eigenvalue weighted by Gasteiger charge is 2.28. The lowest BCUT2D eigenvalue weighted by atomic mass is 9.92. The molecule has 0 N–H and O–H groups in total. The first-order valence-electron chi connectivity index (χ1n) is 11.1. The molecule has 1 aliphatic rings. The van der Waals surface area contributed by atoms with E-state index < -0.39 is 9.84 Å². The van der Waals surface area contributed by atoms with E-state index >= 15 is 0 Å². The van der Waals surface area contributed by atoms with Gasteiger partial charge >= 0.3 is 6.01 Å². The lowest BCUT2D eigenvalue weighted by Gasteiger charge is -2.33. The van der Waals surface area contributed by atoms with E-state index in [2.05, 4.69) is 31.9 Å². The van der Waals surface area contributed by atoms with Crippen molar-refractivity contribution < 1.29 is 17.7 Å². The highest BCUT2D eigenvalue weighted by atomic mass is 32.2. The zero-order chi connectivity index (χ0) is 23.6. The van der Waals surface area contributed by atoms with Crippen molar-refractivity contribution in [3.63, 3.8) is 0 Å². The third-order valence-corrected chi connectivity index (χ3v) is 7.06. The van der Waals surface area contributed by atoms with E-state index in [1.54, 1.807) is 36.7 Å². The van der Waals surface area contributed by atoms with Gasteiger partial charge in [0.25, 0.3) is 0 Å². The number of nitrogens with zero attached hydrogens (tertiary/aromatic N) is 5. The Morgan fingerprint density at radius 3 is 2.30 bits per heavy atom. The molecule has 0 amide bonds. The van der Waals surface area contributed by atoms with Crippen LogP contribution in [-0.4, -0.2) is 54.0 Å². The van der Waals surface area contributed by atoms with Crippen LogP contribution < -0.4 is 9.64 Å². The van der Waals surface area contributed by atoms with Gasteiger partial charge in [0, 0.05) is 30.8 Å². The normalized spacial score (nSPS) is 16.2. The molecule has 1 aromatic carbocycles. The van der Waals surface area contributed by atoms with Crippen LogP contribution in [0.3, 0.4) is 0 Å². The van der Waals surface area contributed by atoms with Gasteiger partial charge in [-0.15, -0.1) is 0 Å². The van der Waals surface area contributed by atoms with E-state index in [4.69, 9.17) is 9.26 Å². The van der Waals surface area contributed by atoms with Gasteiger partial charge in [-0.3, -0.25) is 0 Å². The Bertz CT molecular complexity index is 1170. The van der Waals surface area contributed by atoms with Crippen molar-refractivity contribution >= 4 is 15.9 Å². The number of rotatable bonds is 7. The van der Waals surface area contributed by atoms with Crippen molar-refractivity contribution in [2.24, 2.45) is 5.92 Å². The van der Waals surface area contributed by atoms with Crippen molar-refractivity contribution in [1.82, 2.24) is 20.1 Å². The van der Waals surface area contributed by atoms with E-state index in [1.165, 1.54) is 6.26 Å². The van der Waals surface area contributed by atoms with Gasteiger partial charge in [0.2, 0.25) is 5.88 Å². The van der Waals surface area contributed by atoms with Crippen LogP contribution >= 0.6 is 0 Å². The molecule has 1 fully saturated rings. The third kappa shape index (κ3) is 5.50. The van der Waals surface area contributed by atoms with Crippen LogP contribution in [-0.2, 0) is 9.84 Å². The molecule has 0 radical (unpaired) electrons. The molecule has 1 atom stereocenters. The first-order valence-corrected chi connectivity index (χ1v) is 13.0. The van der Waals surface area contributed by atoms with Gasteiger partial charge < -0.3 is 14.2 Å². The molecule has 3 heterocycles. The predicted octanol–water partition coefficient (Wildman–Crippen LogP) is 3.74. The smallest absolute Gasteiger partial charge is 0.324 e. The molecular weight excluding hydrogens is 442 g/mol. The summed E-state index contributed by atoms with van der Waals surface area (Å²) < 4.78 is 34.7. The minimum absolute atomic E-state index is 0.00439. The predicted molar refractivity (Wildman–Crippen MR) is 124 cm³/mol. The zero-order valence-electron chi connectivity index (χ0n) is 19.3. The van der Waals surface area contributed by atoms with Crippen LogP contribution in [0.4, 0.5) is 6.01 Å². The van der Waals surface area contributed by atoms with E-state index in [1.807, 2.05) is 13.8 Å². The SMILES string of the molecule is CC(C)c1noc(N2CCC([C@H](C)Oc3cnc(-c4ccc(S(C)(=O)=O)cc4)cn3)CC2)n1. The van der Waals surface area contributed by atoms with Gasteiger partial charge in [-0.05, 0) is 37.8 Å². The highest BCUT2D eigenvalue weighted by molar-refractivity contribution is 7.90. The molecule has 2 aromatic heterocycles. The molecular formula is C23H29N5O4S. The fourth-order valence-electron chi connectivity index (χ4n) is 3.84. The van der Waals surface area contributed by atoms with E-state index in [-0.39, 0.29) is 16.9 Å². The Kier molecular flexibility index (Phi) is 6.64. The molecule has 3 aromatic rings. The van der Waals surface area contributed by atoms with Gasteiger partial charge in [0.15, 0.2) is 15.7 Å². The summed E-state index contributed by atoms with van der Waals surface area (Å²) in [4.78, 5) is 15.7. The maximum atomic E-state index is 11.6. The fraction of sp³-hybridized carbons (Fsp3) is 0.478. The molecule has 33 heavy (non-hydrogen) atoms. The summed E-state index contributed by atoms with van der Waals surface area (Å²) in [5, 5.41) is 4.05. The molecule has 0 bridgehead atoms. The highest BCUT2D eigenvalue weighted by Crippen LogP contribution is 2.27. The average Bonchev–Trinajstić information content (AvgIpc) is 3.30. The largest absolute Gasteiger partial charge is 0.473 e. The van der Waals surface area contributed by atoms with Gasteiger partial charge in [-0.2, -0.15) is 4.98 Å². The second-order valence-corrected chi connectivity index (χ2v) is 10.8. The van der Waals surface area contributed by atoms with Gasteiger partial charge in [0.1, 0.15) is 6.10 Å². The van der Waals surface area contributed by atoms with Crippen molar-refractivity contribution in [2.75, 3.05) is 24.2 Å². The van der Waals surface area contributed by atoms with Crippen LogP contribution in [0.5, 0.6) is 5.88 Å². The summed E-state index contributed by atoms with van der Waals surface area (Å²) in [5.74, 6) is 1.84. The zero-order valence-corrected chi connectivity index (χ0v) is 20.1. The lowest BCUT2D eigenvalue weighted by Crippen LogP contribution is -2.39. The Hall–Kier alpha value is -3.01. The minimum atomic E-state index is -3.23. The summed E-state index contributed by atoms with van der Waals surface area (Å²) in [6, 6.07) is 7.19.